The topological polar surface area (TPSA) is 104 Å². The van der Waals surface area contributed by atoms with Crippen LogP contribution in [0.25, 0.3) is 5.69 Å². The number of benzene rings is 2. The van der Waals surface area contributed by atoms with Gasteiger partial charge in [-0.05, 0) is 24.6 Å². The number of halogens is 1. The molecule has 1 aromatic heterocycles. The lowest BCUT2D eigenvalue weighted by Crippen LogP contribution is -2.13. The van der Waals surface area contributed by atoms with E-state index in [4.69, 9.17) is 31.4 Å². The van der Waals surface area contributed by atoms with Crippen molar-refractivity contribution in [3.8, 4) is 5.69 Å². The maximum atomic E-state index is 9.10. The summed E-state index contributed by atoms with van der Waals surface area (Å²) in [7, 11) is 0. The van der Waals surface area contributed by atoms with Gasteiger partial charge in [0.1, 0.15) is 5.15 Å². The molecule has 0 spiro atoms. The third-order valence-corrected chi connectivity index (χ3v) is 4.17. The number of para-hydroxylation sites is 1. The second-order valence-electron chi connectivity index (χ2n) is 5.80. The Morgan fingerprint density at radius 3 is 2.04 bits per heavy atom. The summed E-state index contributed by atoms with van der Waals surface area (Å²) in [6.45, 7) is 3.50. The Hall–Kier alpha value is -3.16. The van der Waals surface area contributed by atoms with Crippen LogP contribution < -0.4 is 5.32 Å². The van der Waals surface area contributed by atoms with Gasteiger partial charge in [0, 0.05) is 18.7 Å². The predicted octanol–water partition coefficient (Wildman–Crippen LogP) is 3.28. The molecule has 146 valence electrons. The summed E-state index contributed by atoms with van der Waals surface area (Å²) in [6, 6.07) is 20.3. The molecule has 3 rings (SSSR count). The van der Waals surface area contributed by atoms with Gasteiger partial charge in [-0.1, -0.05) is 60.1 Å². The van der Waals surface area contributed by atoms with Gasteiger partial charge in [0.25, 0.3) is 0 Å². The molecule has 0 saturated heterocycles. The molecule has 8 heteroatoms. The molecule has 0 fully saturated rings. The molecule has 7 nitrogen and oxygen atoms in total. The average molecular weight is 402 g/mol. The number of nitrogens with one attached hydrogen (secondary N) is 1. The van der Waals surface area contributed by atoms with Crippen LogP contribution in [0.4, 0.5) is 0 Å². The van der Waals surface area contributed by atoms with E-state index in [9.17, 15) is 0 Å². The molecule has 0 saturated carbocycles. The van der Waals surface area contributed by atoms with Crippen molar-refractivity contribution in [1.82, 2.24) is 15.1 Å². The van der Waals surface area contributed by atoms with Crippen molar-refractivity contribution in [2.24, 2.45) is 0 Å². The fourth-order valence-electron chi connectivity index (χ4n) is 2.40. The smallest absolute Gasteiger partial charge is 0.414 e. The van der Waals surface area contributed by atoms with E-state index in [0.717, 1.165) is 23.5 Å². The van der Waals surface area contributed by atoms with E-state index < -0.39 is 11.9 Å². The minimum Gasteiger partial charge on any atom is -0.473 e. The van der Waals surface area contributed by atoms with Crippen molar-refractivity contribution >= 4 is 23.5 Å². The first-order valence-corrected chi connectivity index (χ1v) is 8.78. The molecule has 0 unspecified atom stereocenters. The molecule has 28 heavy (non-hydrogen) atoms. The molecule has 0 aliphatic rings. The van der Waals surface area contributed by atoms with Crippen molar-refractivity contribution in [3.63, 3.8) is 0 Å². The minimum atomic E-state index is -1.82. The summed E-state index contributed by atoms with van der Waals surface area (Å²) in [5.74, 6) is -3.65. The summed E-state index contributed by atoms with van der Waals surface area (Å²) in [4.78, 5) is 18.2. The van der Waals surface area contributed by atoms with Crippen LogP contribution in [0.5, 0.6) is 0 Å². The van der Waals surface area contributed by atoms with Crippen molar-refractivity contribution in [3.05, 3.63) is 82.6 Å². The third-order valence-electron chi connectivity index (χ3n) is 3.78. The number of aromatic nitrogens is 2. The van der Waals surface area contributed by atoms with Crippen LogP contribution >= 0.6 is 11.6 Å². The number of rotatable bonds is 5. The van der Waals surface area contributed by atoms with Gasteiger partial charge in [-0.2, -0.15) is 5.10 Å². The first kappa shape index (κ1) is 21.1. The lowest BCUT2D eigenvalue weighted by molar-refractivity contribution is -0.159. The quantitative estimate of drug-likeness (QED) is 0.567. The monoisotopic (exact) mass is 401 g/mol. The molecule has 0 radical (unpaired) electrons. The molecule has 2 aromatic carbocycles. The molecule has 0 atom stereocenters. The van der Waals surface area contributed by atoms with E-state index in [1.54, 1.807) is 4.68 Å². The number of hydrogen-bond acceptors (Lipinski definition) is 4. The number of aryl methyl sites for hydroxylation is 1. The van der Waals surface area contributed by atoms with Crippen molar-refractivity contribution < 1.29 is 19.8 Å². The zero-order valence-electron chi connectivity index (χ0n) is 15.2. The highest BCUT2D eigenvalue weighted by Crippen LogP contribution is 2.23. The van der Waals surface area contributed by atoms with Crippen molar-refractivity contribution in [2.75, 3.05) is 0 Å². The number of carboxylic acid groups (broad SMARTS) is 2. The number of aliphatic carboxylic acids is 2. The van der Waals surface area contributed by atoms with Crippen LogP contribution in [0.3, 0.4) is 0 Å². The van der Waals surface area contributed by atoms with Gasteiger partial charge >= 0.3 is 11.9 Å². The predicted molar refractivity (Wildman–Crippen MR) is 106 cm³/mol. The van der Waals surface area contributed by atoms with E-state index >= 15 is 0 Å². The first-order chi connectivity index (χ1) is 13.4. The highest BCUT2D eigenvalue weighted by atomic mass is 35.5. The zero-order chi connectivity index (χ0) is 20.5. The second-order valence-corrected chi connectivity index (χ2v) is 6.16. The Labute approximate surface area is 167 Å². The fourth-order valence-corrected chi connectivity index (χ4v) is 2.74. The largest absolute Gasteiger partial charge is 0.473 e. The molecule has 3 N–H and O–H groups in total. The highest BCUT2D eigenvalue weighted by Gasteiger charge is 2.14. The van der Waals surface area contributed by atoms with Crippen LogP contribution in [0, 0.1) is 6.92 Å². The summed E-state index contributed by atoms with van der Waals surface area (Å²) in [5.41, 5.74) is 4.23. The van der Waals surface area contributed by atoms with E-state index in [-0.39, 0.29) is 0 Å². The zero-order valence-corrected chi connectivity index (χ0v) is 15.9. The van der Waals surface area contributed by atoms with Crippen LogP contribution in [0.15, 0.2) is 60.7 Å². The number of carbonyl (C=O) groups is 2. The van der Waals surface area contributed by atoms with E-state index in [0.29, 0.717) is 11.7 Å². The molecule has 0 aliphatic carbocycles. The second kappa shape index (κ2) is 10.2. The lowest BCUT2D eigenvalue weighted by Gasteiger charge is -2.06. The number of carboxylic acids is 2. The Bertz CT molecular complexity index is 915. The van der Waals surface area contributed by atoms with Gasteiger partial charge in [-0.15, -0.1) is 0 Å². The molecule has 0 aliphatic heterocycles. The molecular formula is C20H20ClN3O4. The summed E-state index contributed by atoms with van der Waals surface area (Å²) < 4.78 is 1.79. The highest BCUT2D eigenvalue weighted by molar-refractivity contribution is 6.30. The Morgan fingerprint density at radius 1 is 0.964 bits per heavy atom. The first-order valence-electron chi connectivity index (χ1n) is 8.40. The molecule has 0 bridgehead atoms. The molecular weight excluding hydrogens is 382 g/mol. The van der Waals surface area contributed by atoms with Crippen LogP contribution in [0.1, 0.15) is 16.8 Å². The summed E-state index contributed by atoms with van der Waals surface area (Å²) in [6.07, 6.45) is 0. The number of nitrogens with zero attached hydrogens (tertiary/aromatic N) is 2. The standard InChI is InChI=1S/C18H18ClN3.C2H2O4/c1-14-17(13-20-12-15-8-4-2-5-9-15)18(19)22(21-14)16-10-6-3-7-11-16;3-1(4)2(5)6/h2-11,20H,12-13H2,1H3;(H,3,4)(H,5,6). The Kier molecular flexibility index (Phi) is 7.74. The molecule has 1 heterocycles. The van der Waals surface area contributed by atoms with Crippen LogP contribution in [-0.4, -0.2) is 31.9 Å². The molecule has 3 aromatic rings. The summed E-state index contributed by atoms with van der Waals surface area (Å²) >= 11 is 6.51. The average Bonchev–Trinajstić information content (AvgIpc) is 2.98. The maximum absolute atomic E-state index is 9.10. The van der Waals surface area contributed by atoms with Gasteiger partial charge in [0.05, 0.1) is 11.4 Å². The maximum Gasteiger partial charge on any atom is 0.414 e. The van der Waals surface area contributed by atoms with Gasteiger partial charge in [-0.3, -0.25) is 0 Å². The van der Waals surface area contributed by atoms with Gasteiger partial charge in [0.2, 0.25) is 0 Å². The van der Waals surface area contributed by atoms with Crippen molar-refractivity contribution in [1.29, 1.82) is 0 Å². The Balaban J connectivity index is 0.000000409. The van der Waals surface area contributed by atoms with Gasteiger partial charge in [0.15, 0.2) is 0 Å². The van der Waals surface area contributed by atoms with E-state index in [1.165, 1.54) is 5.56 Å². The van der Waals surface area contributed by atoms with Crippen LogP contribution in [0.2, 0.25) is 5.15 Å². The SMILES string of the molecule is Cc1nn(-c2ccccc2)c(Cl)c1CNCc1ccccc1.O=C(O)C(=O)O. The fraction of sp³-hybridized carbons (Fsp3) is 0.150. The number of hydrogen-bond donors (Lipinski definition) is 3. The Morgan fingerprint density at radius 2 is 1.50 bits per heavy atom. The lowest BCUT2D eigenvalue weighted by atomic mass is 10.2. The minimum absolute atomic E-state index is 0.671. The normalized spacial score (nSPS) is 10.1. The third kappa shape index (κ3) is 5.94. The van der Waals surface area contributed by atoms with Crippen molar-refractivity contribution in [2.45, 2.75) is 20.0 Å². The molecule has 0 amide bonds. The van der Waals surface area contributed by atoms with E-state index in [2.05, 4.69) is 22.5 Å². The van der Waals surface area contributed by atoms with Crippen LogP contribution in [-0.2, 0) is 22.7 Å². The van der Waals surface area contributed by atoms with Gasteiger partial charge in [-0.25, -0.2) is 14.3 Å². The van der Waals surface area contributed by atoms with Gasteiger partial charge < -0.3 is 15.5 Å². The summed E-state index contributed by atoms with van der Waals surface area (Å²) in [5, 5.41) is 23.4. The van der Waals surface area contributed by atoms with E-state index in [1.807, 2.05) is 55.5 Å².